The van der Waals surface area contributed by atoms with Gasteiger partial charge in [-0.25, -0.2) is 0 Å². The fourth-order valence-corrected chi connectivity index (χ4v) is 2.65. The molecule has 0 aliphatic rings. The van der Waals surface area contributed by atoms with Gasteiger partial charge in [0.05, 0.1) is 34.5 Å². The van der Waals surface area contributed by atoms with E-state index in [0.717, 1.165) is 11.1 Å². The molecular formula is C21H25NO5. The molecule has 0 aliphatic heterocycles. The Hall–Kier alpha value is -3.15. The Kier molecular flexibility index (Phi) is 7.11. The van der Waals surface area contributed by atoms with Gasteiger partial charge < -0.3 is 24.3 Å². The Bertz CT molecular complexity index is 816. The van der Waals surface area contributed by atoms with Crippen LogP contribution in [0, 0.1) is 0 Å². The average Bonchev–Trinajstić information content (AvgIpc) is 2.71. The maximum Gasteiger partial charge on any atom is 0.244 e. The molecule has 0 fully saturated rings. The van der Waals surface area contributed by atoms with Crippen molar-refractivity contribution in [1.29, 1.82) is 0 Å². The number of hydrogen-bond acceptors (Lipinski definition) is 5. The minimum Gasteiger partial charge on any atom is -0.497 e. The van der Waals surface area contributed by atoms with E-state index < -0.39 is 0 Å². The number of hydrogen-bond donors (Lipinski definition) is 1. The molecule has 2 rings (SSSR count). The normalized spacial score (nSPS) is 11.7. The molecule has 0 unspecified atom stereocenters. The SMILES string of the molecule is COc1ccc(OC)c([C@@H](C)NC(=O)/C=C/c2ccc(OC)c(OC)c2)c1. The number of rotatable bonds is 8. The molecule has 0 bridgehead atoms. The zero-order valence-electron chi connectivity index (χ0n) is 16.2. The molecule has 0 spiro atoms. The van der Waals surface area contributed by atoms with Gasteiger partial charge in [-0.05, 0) is 48.9 Å². The maximum atomic E-state index is 12.3. The van der Waals surface area contributed by atoms with Crippen molar-refractivity contribution in [2.24, 2.45) is 0 Å². The molecule has 0 aliphatic carbocycles. The van der Waals surface area contributed by atoms with E-state index in [1.165, 1.54) is 6.08 Å². The first kappa shape index (κ1) is 20.2. The van der Waals surface area contributed by atoms with E-state index in [4.69, 9.17) is 18.9 Å². The molecule has 2 aromatic carbocycles. The molecule has 1 amide bonds. The van der Waals surface area contributed by atoms with Crippen LogP contribution in [0.25, 0.3) is 6.08 Å². The maximum absolute atomic E-state index is 12.3. The standard InChI is InChI=1S/C21H25NO5/c1-14(17-13-16(24-2)8-10-18(17)25-3)22-21(23)11-7-15-6-9-19(26-4)20(12-15)27-5/h6-14H,1-5H3,(H,22,23)/b11-7+/t14-/m1/s1. The van der Waals surface area contributed by atoms with E-state index in [2.05, 4.69) is 5.32 Å². The van der Waals surface area contributed by atoms with Crippen LogP contribution in [0.4, 0.5) is 0 Å². The smallest absolute Gasteiger partial charge is 0.244 e. The Balaban J connectivity index is 2.10. The summed E-state index contributed by atoms with van der Waals surface area (Å²) in [5.41, 5.74) is 1.67. The molecule has 6 heteroatoms. The van der Waals surface area contributed by atoms with Gasteiger partial charge in [0.25, 0.3) is 0 Å². The minimum absolute atomic E-state index is 0.220. The summed E-state index contributed by atoms with van der Waals surface area (Å²) in [5.74, 6) is 2.41. The second-order valence-electron chi connectivity index (χ2n) is 5.79. The lowest BCUT2D eigenvalue weighted by molar-refractivity contribution is -0.117. The van der Waals surface area contributed by atoms with E-state index >= 15 is 0 Å². The van der Waals surface area contributed by atoms with Crippen molar-refractivity contribution in [2.75, 3.05) is 28.4 Å². The van der Waals surface area contributed by atoms with E-state index in [9.17, 15) is 4.79 Å². The van der Waals surface area contributed by atoms with Crippen molar-refractivity contribution in [2.45, 2.75) is 13.0 Å². The second-order valence-corrected chi connectivity index (χ2v) is 5.79. The number of carbonyl (C=O) groups is 1. The van der Waals surface area contributed by atoms with Crippen molar-refractivity contribution >= 4 is 12.0 Å². The lowest BCUT2D eigenvalue weighted by atomic mass is 10.1. The lowest BCUT2D eigenvalue weighted by Crippen LogP contribution is -2.25. The third-order valence-corrected chi connectivity index (χ3v) is 4.10. The van der Waals surface area contributed by atoms with E-state index in [-0.39, 0.29) is 11.9 Å². The van der Waals surface area contributed by atoms with Gasteiger partial charge in [-0.3, -0.25) is 4.79 Å². The third-order valence-electron chi connectivity index (χ3n) is 4.10. The Morgan fingerprint density at radius 3 is 2.19 bits per heavy atom. The van der Waals surface area contributed by atoms with Crippen molar-refractivity contribution in [3.63, 3.8) is 0 Å². The molecule has 0 heterocycles. The van der Waals surface area contributed by atoms with Crippen molar-refractivity contribution in [1.82, 2.24) is 5.32 Å². The molecule has 0 saturated carbocycles. The number of nitrogens with one attached hydrogen (secondary N) is 1. The first-order chi connectivity index (χ1) is 13.0. The summed E-state index contributed by atoms with van der Waals surface area (Å²) in [6.45, 7) is 1.89. The average molecular weight is 371 g/mol. The first-order valence-corrected chi connectivity index (χ1v) is 8.45. The van der Waals surface area contributed by atoms with Crippen LogP contribution in [0.3, 0.4) is 0 Å². The van der Waals surface area contributed by atoms with Crippen LogP contribution in [-0.4, -0.2) is 34.3 Å². The summed E-state index contributed by atoms with van der Waals surface area (Å²) >= 11 is 0. The lowest BCUT2D eigenvalue weighted by Gasteiger charge is -2.17. The molecule has 6 nitrogen and oxygen atoms in total. The zero-order chi connectivity index (χ0) is 19.8. The molecule has 1 atom stereocenters. The van der Waals surface area contributed by atoms with Crippen LogP contribution in [0.2, 0.25) is 0 Å². The van der Waals surface area contributed by atoms with Crippen LogP contribution in [0.5, 0.6) is 23.0 Å². The van der Waals surface area contributed by atoms with Crippen LogP contribution in [0.1, 0.15) is 24.1 Å². The third kappa shape index (κ3) is 5.17. The summed E-state index contributed by atoms with van der Waals surface area (Å²) in [7, 11) is 6.34. The van der Waals surface area contributed by atoms with Gasteiger partial charge in [0, 0.05) is 11.6 Å². The highest BCUT2D eigenvalue weighted by atomic mass is 16.5. The Morgan fingerprint density at radius 1 is 0.889 bits per heavy atom. The number of amides is 1. The van der Waals surface area contributed by atoms with E-state index in [1.807, 2.05) is 31.2 Å². The largest absolute Gasteiger partial charge is 0.497 e. The quantitative estimate of drug-likeness (QED) is 0.718. The minimum atomic E-state index is -0.252. The molecule has 0 aromatic heterocycles. The fraction of sp³-hybridized carbons (Fsp3) is 0.286. The van der Waals surface area contributed by atoms with E-state index in [1.54, 1.807) is 46.6 Å². The predicted octanol–water partition coefficient (Wildman–Crippen LogP) is 3.61. The highest BCUT2D eigenvalue weighted by Gasteiger charge is 2.14. The summed E-state index contributed by atoms with van der Waals surface area (Å²) in [4.78, 5) is 12.3. The van der Waals surface area contributed by atoms with Crippen LogP contribution >= 0.6 is 0 Å². The van der Waals surface area contributed by atoms with Gasteiger partial charge in [0.1, 0.15) is 11.5 Å². The summed E-state index contributed by atoms with van der Waals surface area (Å²) in [6, 6.07) is 10.7. The van der Waals surface area contributed by atoms with Gasteiger partial charge in [0.15, 0.2) is 11.5 Å². The topological polar surface area (TPSA) is 66.0 Å². The first-order valence-electron chi connectivity index (χ1n) is 8.45. The van der Waals surface area contributed by atoms with Gasteiger partial charge >= 0.3 is 0 Å². The predicted molar refractivity (Wildman–Crippen MR) is 105 cm³/mol. The van der Waals surface area contributed by atoms with Crippen molar-refractivity contribution < 1.29 is 23.7 Å². The number of ether oxygens (including phenoxy) is 4. The van der Waals surface area contributed by atoms with Crippen LogP contribution < -0.4 is 24.3 Å². The molecule has 2 aromatic rings. The summed E-state index contributed by atoms with van der Waals surface area (Å²) in [6.07, 6.45) is 3.19. The highest BCUT2D eigenvalue weighted by molar-refractivity contribution is 5.92. The van der Waals surface area contributed by atoms with Crippen LogP contribution in [0.15, 0.2) is 42.5 Å². The summed E-state index contributed by atoms with van der Waals surface area (Å²) < 4.78 is 21.1. The summed E-state index contributed by atoms with van der Waals surface area (Å²) in [5, 5.41) is 2.93. The highest BCUT2D eigenvalue weighted by Crippen LogP contribution is 2.30. The molecular weight excluding hydrogens is 346 g/mol. The van der Waals surface area contributed by atoms with Gasteiger partial charge in [-0.15, -0.1) is 0 Å². The fourth-order valence-electron chi connectivity index (χ4n) is 2.65. The number of carbonyl (C=O) groups excluding carboxylic acids is 1. The molecule has 0 saturated heterocycles. The van der Waals surface area contributed by atoms with Gasteiger partial charge in [-0.1, -0.05) is 6.07 Å². The monoisotopic (exact) mass is 371 g/mol. The molecule has 0 radical (unpaired) electrons. The van der Waals surface area contributed by atoms with Crippen LogP contribution in [-0.2, 0) is 4.79 Å². The molecule has 27 heavy (non-hydrogen) atoms. The Morgan fingerprint density at radius 2 is 1.56 bits per heavy atom. The van der Waals surface area contributed by atoms with Crippen molar-refractivity contribution in [3.05, 3.63) is 53.6 Å². The van der Waals surface area contributed by atoms with Gasteiger partial charge in [0.2, 0.25) is 5.91 Å². The Labute approximate surface area is 159 Å². The van der Waals surface area contributed by atoms with E-state index in [0.29, 0.717) is 23.0 Å². The molecule has 144 valence electrons. The van der Waals surface area contributed by atoms with Gasteiger partial charge in [-0.2, -0.15) is 0 Å². The second kappa shape index (κ2) is 9.52. The van der Waals surface area contributed by atoms with Crippen molar-refractivity contribution in [3.8, 4) is 23.0 Å². The zero-order valence-corrected chi connectivity index (χ0v) is 16.2. The number of methoxy groups -OCH3 is 4. The number of benzene rings is 2. The molecule has 1 N–H and O–H groups in total.